The number of ether oxygens (including phenoxy) is 1. The van der Waals surface area contributed by atoms with Crippen molar-refractivity contribution in [3.05, 3.63) is 96.1 Å². The van der Waals surface area contributed by atoms with Crippen LogP contribution in [0, 0.1) is 0 Å². The number of carbonyl (C=O) groups is 1. The molecule has 3 aromatic carbocycles. The highest BCUT2D eigenvalue weighted by Gasteiger charge is 2.18. The van der Waals surface area contributed by atoms with E-state index in [1.54, 1.807) is 7.11 Å². The lowest BCUT2D eigenvalue weighted by Crippen LogP contribution is -2.16. The maximum atomic E-state index is 12.7. The maximum absolute atomic E-state index is 12.7. The average molecular weight is 374 g/mol. The van der Waals surface area contributed by atoms with Gasteiger partial charge in [-0.3, -0.25) is 4.79 Å². The Hall–Kier alpha value is -3.11. The highest BCUT2D eigenvalue weighted by molar-refractivity contribution is 5.91. The summed E-state index contributed by atoms with van der Waals surface area (Å²) in [4.78, 5) is 12.7. The molecule has 2 N–H and O–H groups in total. The summed E-state index contributed by atoms with van der Waals surface area (Å²) in [5.74, 6) is 0.0233. The van der Waals surface area contributed by atoms with Gasteiger partial charge in [0.1, 0.15) is 0 Å². The molecule has 0 unspecified atom stereocenters. The zero-order valence-corrected chi connectivity index (χ0v) is 16.1. The number of hydrogen-bond acceptors (Lipinski definition) is 3. The SMILES string of the molecule is COCCNc1ccc(NC(=O)CC(c2ccccc2)c2ccccc2)cc1. The summed E-state index contributed by atoms with van der Waals surface area (Å²) in [6, 6.07) is 28.1. The summed E-state index contributed by atoms with van der Waals surface area (Å²) in [7, 11) is 1.68. The molecule has 0 aliphatic heterocycles. The molecule has 0 saturated heterocycles. The molecule has 28 heavy (non-hydrogen) atoms. The minimum atomic E-state index is -0.00204. The lowest BCUT2D eigenvalue weighted by molar-refractivity contribution is -0.116. The Morgan fingerprint density at radius 1 is 0.821 bits per heavy atom. The molecule has 0 spiro atoms. The van der Waals surface area contributed by atoms with Crippen molar-refractivity contribution in [2.24, 2.45) is 0 Å². The van der Waals surface area contributed by atoms with Crippen molar-refractivity contribution in [1.82, 2.24) is 0 Å². The molecular weight excluding hydrogens is 348 g/mol. The monoisotopic (exact) mass is 374 g/mol. The number of nitrogens with one attached hydrogen (secondary N) is 2. The first-order valence-electron chi connectivity index (χ1n) is 9.49. The molecule has 144 valence electrons. The molecule has 0 aromatic heterocycles. The fourth-order valence-corrected chi connectivity index (χ4v) is 3.17. The van der Waals surface area contributed by atoms with Crippen LogP contribution in [0.15, 0.2) is 84.9 Å². The zero-order chi connectivity index (χ0) is 19.6. The van der Waals surface area contributed by atoms with Crippen LogP contribution in [-0.2, 0) is 9.53 Å². The molecule has 0 aliphatic carbocycles. The number of carbonyl (C=O) groups excluding carboxylic acids is 1. The van der Waals surface area contributed by atoms with Crippen LogP contribution >= 0.6 is 0 Å². The molecule has 3 aromatic rings. The highest BCUT2D eigenvalue weighted by atomic mass is 16.5. The average Bonchev–Trinajstić information content (AvgIpc) is 2.75. The van der Waals surface area contributed by atoms with Crippen LogP contribution in [0.25, 0.3) is 0 Å². The lowest BCUT2D eigenvalue weighted by atomic mass is 9.88. The van der Waals surface area contributed by atoms with Crippen molar-refractivity contribution in [3.63, 3.8) is 0 Å². The van der Waals surface area contributed by atoms with Crippen molar-refractivity contribution in [2.75, 3.05) is 30.9 Å². The lowest BCUT2D eigenvalue weighted by Gasteiger charge is -2.18. The number of amides is 1. The summed E-state index contributed by atoms with van der Waals surface area (Å²) in [5.41, 5.74) is 4.08. The molecule has 0 fully saturated rings. The van der Waals surface area contributed by atoms with Gasteiger partial charge in [-0.25, -0.2) is 0 Å². The van der Waals surface area contributed by atoms with Crippen LogP contribution < -0.4 is 10.6 Å². The van der Waals surface area contributed by atoms with Crippen LogP contribution in [-0.4, -0.2) is 26.2 Å². The van der Waals surface area contributed by atoms with E-state index in [-0.39, 0.29) is 11.8 Å². The standard InChI is InChI=1S/C24H26N2O2/c1-28-17-16-25-21-12-14-22(15-13-21)26-24(27)18-23(19-8-4-2-5-9-19)20-10-6-3-7-11-20/h2-15,23,25H,16-18H2,1H3,(H,26,27). The van der Waals surface area contributed by atoms with E-state index in [0.717, 1.165) is 29.0 Å². The fourth-order valence-electron chi connectivity index (χ4n) is 3.17. The molecule has 0 radical (unpaired) electrons. The Kier molecular flexibility index (Phi) is 7.21. The van der Waals surface area contributed by atoms with Gasteiger partial charge < -0.3 is 15.4 Å². The normalized spacial score (nSPS) is 10.6. The van der Waals surface area contributed by atoms with Gasteiger partial charge in [0.15, 0.2) is 0 Å². The summed E-state index contributed by atoms with van der Waals surface area (Å²) >= 11 is 0. The van der Waals surface area contributed by atoms with E-state index in [2.05, 4.69) is 34.9 Å². The van der Waals surface area contributed by atoms with Crippen molar-refractivity contribution in [3.8, 4) is 0 Å². The minimum Gasteiger partial charge on any atom is -0.383 e. The molecule has 0 heterocycles. The molecular formula is C24H26N2O2. The number of rotatable bonds is 9. The number of benzene rings is 3. The van der Waals surface area contributed by atoms with Gasteiger partial charge >= 0.3 is 0 Å². The summed E-state index contributed by atoms with van der Waals surface area (Å²) in [5, 5.41) is 6.28. The topological polar surface area (TPSA) is 50.4 Å². The summed E-state index contributed by atoms with van der Waals surface area (Å²) < 4.78 is 5.03. The number of hydrogen-bond donors (Lipinski definition) is 2. The minimum absolute atomic E-state index is 0.00204. The molecule has 0 atom stereocenters. The molecule has 4 heteroatoms. The number of methoxy groups -OCH3 is 1. The first kappa shape index (κ1) is 19.6. The molecule has 3 rings (SSSR count). The van der Waals surface area contributed by atoms with Gasteiger partial charge in [-0.05, 0) is 35.4 Å². The van der Waals surface area contributed by atoms with E-state index in [1.165, 1.54) is 0 Å². The number of anilines is 2. The van der Waals surface area contributed by atoms with Gasteiger partial charge in [0.25, 0.3) is 0 Å². The molecule has 0 aliphatic rings. The molecule has 4 nitrogen and oxygen atoms in total. The first-order valence-corrected chi connectivity index (χ1v) is 9.49. The predicted octanol–water partition coefficient (Wildman–Crippen LogP) is 4.91. The van der Waals surface area contributed by atoms with E-state index in [1.807, 2.05) is 60.7 Å². The van der Waals surface area contributed by atoms with Crippen molar-refractivity contribution in [1.29, 1.82) is 0 Å². The van der Waals surface area contributed by atoms with E-state index in [0.29, 0.717) is 13.0 Å². The molecule has 0 saturated carbocycles. The summed E-state index contributed by atoms with van der Waals surface area (Å²) in [6.45, 7) is 1.40. The van der Waals surface area contributed by atoms with Crippen LogP contribution in [0.2, 0.25) is 0 Å². The predicted molar refractivity (Wildman–Crippen MR) is 115 cm³/mol. The smallest absolute Gasteiger partial charge is 0.225 e. The van der Waals surface area contributed by atoms with Crippen LogP contribution in [0.1, 0.15) is 23.5 Å². The maximum Gasteiger partial charge on any atom is 0.225 e. The second-order valence-corrected chi connectivity index (χ2v) is 6.62. The van der Waals surface area contributed by atoms with Crippen LogP contribution in [0.3, 0.4) is 0 Å². The van der Waals surface area contributed by atoms with Crippen molar-refractivity contribution >= 4 is 17.3 Å². The largest absolute Gasteiger partial charge is 0.383 e. The van der Waals surface area contributed by atoms with Crippen molar-refractivity contribution in [2.45, 2.75) is 12.3 Å². The van der Waals surface area contributed by atoms with E-state index in [9.17, 15) is 4.79 Å². The second-order valence-electron chi connectivity index (χ2n) is 6.62. The quantitative estimate of drug-likeness (QED) is 0.524. The van der Waals surface area contributed by atoms with Gasteiger partial charge in [-0.15, -0.1) is 0 Å². The second kappa shape index (κ2) is 10.3. The van der Waals surface area contributed by atoms with Crippen LogP contribution in [0.4, 0.5) is 11.4 Å². The van der Waals surface area contributed by atoms with Gasteiger partial charge in [0.05, 0.1) is 6.61 Å². The Labute approximate surface area is 166 Å². The summed E-state index contributed by atoms with van der Waals surface area (Å²) in [6.07, 6.45) is 0.391. The zero-order valence-electron chi connectivity index (χ0n) is 16.1. The fraction of sp³-hybridized carbons (Fsp3) is 0.208. The van der Waals surface area contributed by atoms with Gasteiger partial charge in [-0.1, -0.05) is 60.7 Å². The Morgan fingerprint density at radius 2 is 1.36 bits per heavy atom. The van der Waals surface area contributed by atoms with Crippen molar-refractivity contribution < 1.29 is 9.53 Å². The third-order valence-electron chi connectivity index (χ3n) is 4.60. The third-order valence-corrected chi connectivity index (χ3v) is 4.60. The Bertz CT molecular complexity index is 809. The first-order chi connectivity index (χ1) is 13.8. The van der Waals surface area contributed by atoms with Crippen LogP contribution in [0.5, 0.6) is 0 Å². The Morgan fingerprint density at radius 3 is 1.89 bits per heavy atom. The van der Waals surface area contributed by atoms with E-state index < -0.39 is 0 Å². The van der Waals surface area contributed by atoms with Gasteiger partial charge in [0, 0.05) is 37.4 Å². The Balaban J connectivity index is 1.66. The molecule has 0 bridgehead atoms. The third kappa shape index (κ3) is 5.69. The highest BCUT2D eigenvalue weighted by Crippen LogP contribution is 2.28. The van der Waals surface area contributed by atoms with E-state index >= 15 is 0 Å². The van der Waals surface area contributed by atoms with E-state index in [4.69, 9.17) is 4.74 Å². The molecule has 1 amide bonds. The van der Waals surface area contributed by atoms with Gasteiger partial charge in [-0.2, -0.15) is 0 Å². The van der Waals surface area contributed by atoms with Gasteiger partial charge in [0.2, 0.25) is 5.91 Å².